The number of likely N-dealkylation sites (N-methyl/N-ethyl adjacent to an activating group) is 1. The van der Waals surface area contributed by atoms with Crippen molar-refractivity contribution < 1.29 is 13.9 Å². The van der Waals surface area contributed by atoms with Crippen LogP contribution in [0.2, 0.25) is 0 Å². The van der Waals surface area contributed by atoms with Gasteiger partial charge < -0.3 is 14.1 Å². The Morgan fingerprint density at radius 1 is 1.44 bits per heavy atom. The van der Waals surface area contributed by atoms with E-state index in [0.29, 0.717) is 11.5 Å². The van der Waals surface area contributed by atoms with Crippen LogP contribution < -0.4 is 4.74 Å². The molecule has 5 heteroatoms. The monoisotopic (exact) mass is 342 g/mol. The lowest BCUT2D eigenvalue weighted by Gasteiger charge is -2.36. The maximum Gasteiger partial charge on any atom is 0.395 e. The van der Waals surface area contributed by atoms with Gasteiger partial charge in [-0.3, -0.25) is 4.79 Å². The highest BCUT2D eigenvalue weighted by Crippen LogP contribution is 2.38. The molecule has 1 aromatic heterocycles. The average molecular weight is 342 g/mol. The molecule has 0 bridgehead atoms. The molecule has 0 aliphatic heterocycles. The van der Waals surface area contributed by atoms with E-state index in [1.165, 1.54) is 0 Å². The third-order valence-corrected chi connectivity index (χ3v) is 4.66. The number of carbonyl (C=O) groups is 1. The van der Waals surface area contributed by atoms with Gasteiger partial charge in [-0.05, 0) is 48.8 Å². The second-order valence-corrected chi connectivity index (χ2v) is 7.87. The summed E-state index contributed by atoms with van der Waals surface area (Å²) in [6.07, 6.45) is 4.35. The van der Waals surface area contributed by atoms with E-state index in [2.05, 4.69) is 31.8 Å². The number of oxazole rings is 1. The standard InChI is InChI=1S/C20H26N2O3/c1-13-6-7-17-16(9-13)21-19(25-17)24-12-18(23)22(5)15-8-14(2)10-20(3,4)11-15/h6-9,14H,10-12H2,1-5H3. The van der Waals surface area contributed by atoms with Crippen molar-refractivity contribution in [3.05, 3.63) is 35.5 Å². The molecule has 1 aliphatic rings. The largest absolute Gasteiger partial charge is 0.440 e. The molecule has 0 radical (unpaired) electrons. The first-order valence-electron chi connectivity index (χ1n) is 8.71. The number of carbonyl (C=O) groups excluding carboxylic acids is 1. The Balaban J connectivity index is 1.65. The average Bonchev–Trinajstić information content (AvgIpc) is 2.91. The van der Waals surface area contributed by atoms with Gasteiger partial charge in [0.2, 0.25) is 0 Å². The molecule has 0 spiro atoms. The number of aryl methyl sites for hydroxylation is 1. The van der Waals surface area contributed by atoms with Crippen LogP contribution in [-0.2, 0) is 4.79 Å². The van der Waals surface area contributed by atoms with Crippen molar-refractivity contribution in [3.8, 4) is 6.08 Å². The zero-order chi connectivity index (χ0) is 18.2. The van der Waals surface area contributed by atoms with Crippen molar-refractivity contribution in [1.82, 2.24) is 9.88 Å². The summed E-state index contributed by atoms with van der Waals surface area (Å²) in [5.41, 5.74) is 3.76. The molecular weight excluding hydrogens is 316 g/mol. The van der Waals surface area contributed by atoms with Gasteiger partial charge in [-0.2, -0.15) is 4.98 Å². The Hall–Kier alpha value is -2.30. The fourth-order valence-corrected chi connectivity index (χ4v) is 3.57. The van der Waals surface area contributed by atoms with Gasteiger partial charge in [0, 0.05) is 12.7 Å². The molecule has 1 unspecified atom stereocenters. The second-order valence-electron chi connectivity index (χ2n) is 7.87. The van der Waals surface area contributed by atoms with Crippen LogP contribution in [0.4, 0.5) is 0 Å². The van der Waals surface area contributed by atoms with Gasteiger partial charge in [-0.1, -0.05) is 32.9 Å². The minimum atomic E-state index is -0.102. The van der Waals surface area contributed by atoms with Gasteiger partial charge >= 0.3 is 6.08 Å². The summed E-state index contributed by atoms with van der Waals surface area (Å²) in [6.45, 7) is 8.58. The minimum absolute atomic E-state index is 0.0888. The van der Waals surface area contributed by atoms with Gasteiger partial charge in [-0.15, -0.1) is 0 Å². The summed E-state index contributed by atoms with van der Waals surface area (Å²) >= 11 is 0. The van der Waals surface area contributed by atoms with Crippen LogP contribution >= 0.6 is 0 Å². The van der Waals surface area contributed by atoms with E-state index < -0.39 is 0 Å². The van der Waals surface area contributed by atoms with Crippen LogP contribution in [0.3, 0.4) is 0 Å². The lowest BCUT2D eigenvalue weighted by atomic mass is 9.75. The van der Waals surface area contributed by atoms with E-state index in [9.17, 15) is 4.79 Å². The Labute approximate surface area is 148 Å². The summed E-state index contributed by atoms with van der Waals surface area (Å²) in [6, 6.07) is 5.74. The number of hydrogen-bond acceptors (Lipinski definition) is 4. The number of fused-ring (bicyclic) bond motifs is 1. The smallest absolute Gasteiger partial charge is 0.395 e. The number of rotatable bonds is 4. The van der Waals surface area contributed by atoms with Gasteiger partial charge in [0.15, 0.2) is 12.2 Å². The normalized spacial score (nSPS) is 19.6. The molecule has 0 saturated heterocycles. The van der Waals surface area contributed by atoms with Crippen LogP contribution in [0.1, 0.15) is 39.2 Å². The fourth-order valence-electron chi connectivity index (χ4n) is 3.57. The summed E-state index contributed by atoms with van der Waals surface area (Å²) in [7, 11) is 1.81. The van der Waals surface area contributed by atoms with E-state index in [0.717, 1.165) is 29.6 Å². The molecule has 134 valence electrons. The van der Waals surface area contributed by atoms with Crippen molar-refractivity contribution in [1.29, 1.82) is 0 Å². The summed E-state index contributed by atoms with van der Waals surface area (Å²) in [5, 5.41) is 0. The third kappa shape index (κ3) is 4.03. The van der Waals surface area contributed by atoms with E-state index in [1.807, 2.05) is 25.1 Å². The quantitative estimate of drug-likeness (QED) is 0.830. The molecule has 1 aliphatic carbocycles. The molecule has 1 amide bonds. The minimum Gasteiger partial charge on any atom is -0.440 e. The maximum absolute atomic E-state index is 12.5. The SMILES string of the molecule is Cc1ccc2oc(OCC(=O)N(C)C3=CC(C)CC(C)(C)C3)nc2c1. The van der Waals surface area contributed by atoms with E-state index >= 15 is 0 Å². The highest BCUT2D eigenvalue weighted by Gasteiger charge is 2.29. The van der Waals surface area contributed by atoms with Crippen molar-refractivity contribution in [2.45, 2.75) is 40.5 Å². The first-order valence-corrected chi connectivity index (χ1v) is 8.71. The number of nitrogens with zero attached hydrogens (tertiary/aromatic N) is 2. The number of aromatic nitrogens is 1. The first kappa shape index (κ1) is 17.5. The molecule has 1 atom stereocenters. The second kappa shape index (κ2) is 6.54. The molecule has 1 aromatic carbocycles. The Morgan fingerprint density at radius 2 is 2.20 bits per heavy atom. The number of hydrogen-bond donors (Lipinski definition) is 0. The lowest BCUT2D eigenvalue weighted by Crippen LogP contribution is -2.35. The summed E-state index contributed by atoms with van der Waals surface area (Å²) in [4.78, 5) is 18.5. The van der Waals surface area contributed by atoms with E-state index in [1.54, 1.807) is 11.9 Å². The molecule has 0 fully saturated rings. The van der Waals surface area contributed by atoms with Crippen LogP contribution in [0, 0.1) is 18.3 Å². The van der Waals surface area contributed by atoms with Gasteiger partial charge in [0.05, 0.1) is 0 Å². The zero-order valence-electron chi connectivity index (χ0n) is 15.6. The van der Waals surface area contributed by atoms with Gasteiger partial charge in [0.25, 0.3) is 5.91 Å². The third-order valence-electron chi connectivity index (χ3n) is 4.66. The number of amides is 1. The van der Waals surface area contributed by atoms with Crippen LogP contribution in [0.5, 0.6) is 6.08 Å². The fraction of sp³-hybridized carbons (Fsp3) is 0.500. The van der Waals surface area contributed by atoms with Crippen molar-refractivity contribution >= 4 is 17.0 Å². The van der Waals surface area contributed by atoms with E-state index in [-0.39, 0.29) is 24.0 Å². The highest BCUT2D eigenvalue weighted by molar-refractivity contribution is 5.79. The molecular formula is C20H26N2O3. The molecule has 25 heavy (non-hydrogen) atoms. The molecule has 0 saturated carbocycles. The van der Waals surface area contributed by atoms with Crippen molar-refractivity contribution in [2.75, 3.05) is 13.7 Å². The summed E-state index contributed by atoms with van der Waals surface area (Å²) < 4.78 is 11.0. The predicted octanol–water partition coefficient (Wildman–Crippen LogP) is 4.31. The lowest BCUT2D eigenvalue weighted by molar-refractivity contribution is -0.131. The number of benzene rings is 1. The first-order chi connectivity index (χ1) is 11.7. The molecule has 2 aromatic rings. The summed E-state index contributed by atoms with van der Waals surface area (Å²) in [5.74, 6) is 0.366. The van der Waals surface area contributed by atoms with Crippen molar-refractivity contribution in [2.24, 2.45) is 11.3 Å². The van der Waals surface area contributed by atoms with Gasteiger partial charge in [0.1, 0.15) is 5.52 Å². The van der Waals surface area contributed by atoms with Crippen LogP contribution in [0.25, 0.3) is 11.1 Å². The van der Waals surface area contributed by atoms with Crippen LogP contribution in [-0.4, -0.2) is 29.4 Å². The predicted molar refractivity (Wildman–Crippen MR) is 97.3 cm³/mol. The number of ether oxygens (including phenoxy) is 1. The maximum atomic E-state index is 12.5. The van der Waals surface area contributed by atoms with E-state index in [4.69, 9.17) is 9.15 Å². The van der Waals surface area contributed by atoms with Gasteiger partial charge in [-0.25, -0.2) is 0 Å². The molecule has 3 rings (SSSR count). The molecule has 5 nitrogen and oxygen atoms in total. The van der Waals surface area contributed by atoms with Crippen LogP contribution in [0.15, 0.2) is 34.4 Å². The molecule has 1 heterocycles. The zero-order valence-corrected chi connectivity index (χ0v) is 15.6. The Morgan fingerprint density at radius 3 is 2.92 bits per heavy atom. The molecule has 0 N–H and O–H groups in total. The highest BCUT2D eigenvalue weighted by atomic mass is 16.6. The van der Waals surface area contributed by atoms with Crippen molar-refractivity contribution in [3.63, 3.8) is 0 Å². The topological polar surface area (TPSA) is 55.6 Å². The number of allylic oxidation sites excluding steroid dienone is 2. The Kier molecular flexibility index (Phi) is 4.58. The Bertz CT molecular complexity index is 819.